The van der Waals surface area contributed by atoms with Gasteiger partial charge in [-0.05, 0) is 87.8 Å². The van der Waals surface area contributed by atoms with E-state index in [4.69, 9.17) is 16.3 Å². The van der Waals surface area contributed by atoms with Crippen LogP contribution in [0.4, 0.5) is 5.69 Å². The fraction of sp³-hybridized carbons (Fsp3) is 0.360. The maximum absolute atomic E-state index is 12.5. The highest BCUT2D eigenvalue weighted by Gasteiger charge is 2.18. The van der Waals surface area contributed by atoms with Crippen LogP contribution in [0, 0.1) is 0 Å². The smallest absolute Gasteiger partial charge is 0.286 e. The molecule has 184 valence electrons. The van der Waals surface area contributed by atoms with E-state index in [9.17, 15) is 9.59 Å². The lowest BCUT2D eigenvalue weighted by atomic mass is 10.1. The van der Waals surface area contributed by atoms with Gasteiger partial charge in [0.05, 0.1) is 0 Å². The van der Waals surface area contributed by atoms with E-state index in [-0.39, 0.29) is 23.4 Å². The highest BCUT2D eigenvalue weighted by Crippen LogP contribution is 2.19. The molecular formula is C25H28ClN5O3S. The third-order valence-corrected chi connectivity index (χ3v) is 7.00. The molecule has 0 aliphatic carbocycles. The number of amides is 2. The molecule has 2 aromatic carbocycles. The molecule has 4 rings (SSSR count). The van der Waals surface area contributed by atoms with E-state index < -0.39 is 0 Å². The highest BCUT2D eigenvalue weighted by atomic mass is 35.5. The van der Waals surface area contributed by atoms with Crippen molar-refractivity contribution in [3.63, 3.8) is 0 Å². The molecule has 2 N–H and O–H groups in total. The van der Waals surface area contributed by atoms with Gasteiger partial charge in [0, 0.05) is 28.9 Å². The first-order valence-corrected chi connectivity index (χ1v) is 12.8. The number of likely N-dealkylation sites (tertiary alicyclic amines) is 1. The Morgan fingerprint density at radius 1 is 1.06 bits per heavy atom. The lowest BCUT2D eigenvalue weighted by Crippen LogP contribution is -2.34. The summed E-state index contributed by atoms with van der Waals surface area (Å²) in [5.41, 5.74) is 1.12. The molecule has 1 fully saturated rings. The maximum atomic E-state index is 12.5. The van der Waals surface area contributed by atoms with Crippen molar-refractivity contribution < 1.29 is 14.3 Å². The van der Waals surface area contributed by atoms with Gasteiger partial charge in [-0.3, -0.25) is 9.59 Å². The second-order valence-electron chi connectivity index (χ2n) is 8.41. The molecule has 1 aliphatic rings. The van der Waals surface area contributed by atoms with E-state index in [0.717, 1.165) is 30.8 Å². The zero-order valence-electron chi connectivity index (χ0n) is 19.5. The molecule has 3 aromatic rings. The van der Waals surface area contributed by atoms with Crippen LogP contribution in [0.15, 0.2) is 48.5 Å². The quantitative estimate of drug-likeness (QED) is 0.410. The summed E-state index contributed by atoms with van der Waals surface area (Å²) in [7, 11) is 0. The Morgan fingerprint density at radius 2 is 1.77 bits per heavy atom. The first-order chi connectivity index (χ1) is 17.0. The molecule has 1 saturated heterocycles. The maximum Gasteiger partial charge on any atom is 0.286 e. The van der Waals surface area contributed by atoms with E-state index >= 15 is 0 Å². The minimum absolute atomic E-state index is 0.119. The summed E-state index contributed by atoms with van der Waals surface area (Å²) in [5, 5.41) is 15.2. The normalized spacial score (nSPS) is 14.5. The predicted octanol–water partition coefficient (Wildman–Crippen LogP) is 4.63. The summed E-state index contributed by atoms with van der Waals surface area (Å²) in [6.07, 6.45) is 3.45. The molecule has 2 amide bonds. The van der Waals surface area contributed by atoms with Gasteiger partial charge in [0.2, 0.25) is 5.01 Å². The third kappa shape index (κ3) is 7.24. The van der Waals surface area contributed by atoms with Gasteiger partial charge in [-0.1, -0.05) is 22.9 Å². The van der Waals surface area contributed by atoms with Crippen LogP contribution in [0.1, 0.15) is 51.4 Å². The highest BCUT2D eigenvalue weighted by molar-refractivity contribution is 7.13. The second-order valence-corrected chi connectivity index (χ2v) is 9.91. The van der Waals surface area contributed by atoms with Crippen molar-refractivity contribution >= 4 is 40.4 Å². The first-order valence-electron chi connectivity index (χ1n) is 11.6. The summed E-state index contributed by atoms with van der Waals surface area (Å²) >= 11 is 7.02. The molecule has 0 bridgehead atoms. The zero-order valence-corrected chi connectivity index (χ0v) is 21.1. The third-order valence-electron chi connectivity index (χ3n) is 5.85. The number of benzene rings is 2. The van der Waals surface area contributed by atoms with E-state index in [1.165, 1.54) is 12.8 Å². The van der Waals surface area contributed by atoms with Crippen LogP contribution in [0.2, 0.25) is 5.02 Å². The number of carbonyl (C=O) groups is 2. The van der Waals surface area contributed by atoms with Crippen LogP contribution in [0.3, 0.4) is 0 Å². The van der Waals surface area contributed by atoms with Gasteiger partial charge < -0.3 is 20.3 Å². The van der Waals surface area contributed by atoms with Crippen molar-refractivity contribution in [1.82, 2.24) is 20.4 Å². The van der Waals surface area contributed by atoms with E-state index in [2.05, 4.69) is 32.7 Å². The average molecular weight is 514 g/mol. The molecule has 1 aromatic heterocycles. The summed E-state index contributed by atoms with van der Waals surface area (Å²) in [5.74, 6) is 0.167. The largest absolute Gasteiger partial charge is 0.486 e. The number of rotatable bonds is 10. The summed E-state index contributed by atoms with van der Waals surface area (Å²) in [6.45, 7) is 5.35. The number of nitrogens with zero attached hydrogens (tertiary/aromatic N) is 3. The number of carbonyl (C=O) groups excluding carboxylic acids is 2. The summed E-state index contributed by atoms with van der Waals surface area (Å²) in [4.78, 5) is 27.4. The molecule has 35 heavy (non-hydrogen) atoms. The van der Waals surface area contributed by atoms with Gasteiger partial charge in [0.25, 0.3) is 11.8 Å². The average Bonchev–Trinajstić information content (AvgIpc) is 3.57. The summed E-state index contributed by atoms with van der Waals surface area (Å²) in [6, 6.07) is 14.3. The molecular weight excluding hydrogens is 486 g/mol. The van der Waals surface area contributed by atoms with Gasteiger partial charge in [0.1, 0.15) is 12.4 Å². The molecule has 10 heteroatoms. The number of aromatic nitrogens is 2. The van der Waals surface area contributed by atoms with Crippen LogP contribution in [-0.4, -0.2) is 52.6 Å². The Balaban J connectivity index is 1.22. The Hall–Kier alpha value is -3.01. The topological polar surface area (TPSA) is 96.5 Å². The van der Waals surface area contributed by atoms with E-state index in [0.29, 0.717) is 39.6 Å². The monoisotopic (exact) mass is 513 g/mol. The molecule has 0 spiro atoms. The lowest BCUT2D eigenvalue weighted by molar-refractivity contribution is 0.0949. The molecule has 1 atom stereocenters. The van der Waals surface area contributed by atoms with Crippen LogP contribution >= 0.6 is 22.9 Å². The van der Waals surface area contributed by atoms with Gasteiger partial charge >= 0.3 is 0 Å². The SMILES string of the molecule is C[C@@H](CCNC(=O)c1ccc(NC(=O)c2nnc(COc3ccc(Cl)cc3)s2)cc1)N1CCCC1. The van der Waals surface area contributed by atoms with Crippen molar-refractivity contribution in [2.45, 2.75) is 38.8 Å². The van der Waals surface area contributed by atoms with Gasteiger partial charge in [0.15, 0.2) is 5.01 Å². The minimum atomic E-state index is -0.367. The molecule has 8 nitrogen and oxygen atoms in total. The Kier molecular flexibility index (Phi) is 8.68. The van der Waals surface area contributed by atoms with Crippen LogP contribution in [0.25, 0.3) is 0 Å². The lowest BCUT2D eigenvalue weighted by Gasteiger charge is -2.23. The number of ether oxygens (including phenoxy) is 1. The Bertz CT molecular complexity index is 1130. The molecule has 0 unspecified atom stereocenters. The fourth-order valence-corrected chi connectivity index (χ4v) is 4.60. The van der Waals surface area contributed by atoms with Gasteiger partial charge in [-0.15, -0.1) is 10.2 Å². The number of hydrogen-bond acceptors (Lipinski definition) is 7. The van der Waals surface area contributed by atoms with Crippen LogP contribution in [0.5, 0.6) is 5.75 Å². The molecule has 1 aliphatic heterocycles. The van der Waals surface area contributed by atoms with Crippen molar-refractivity contribution in [2.75, 3.05) is 25.0 Å². The minimum Gasteiger partial charge on any atom is -0.486 e. The second kappa shape index (κ2) is 12.1. The van der Waals surface area contributed by atoms with Crippen molar-refractivity contribution in [2.24, 2.45) is 0 Å². The first kappa shape index (κ1) is 25.1. The Labute approximate surface area is 213 Å². The Morgan fingerprint density at radius 3 is 2.49 bits per heavy atom. The molecule has 0 saturated carbocycles. The molecule has 0 radical (unpaired) electrons. The number of halogens is 1. The van der Waals surface area contributed by atoms with Crippen molar-refractivity contribution in [1.29, 1.82) is 0 Å². The standard InChI is InChI=1S/C25H28ClN5O3S/c1-17(31-14-2-3-15-31)12-13-27-23(32)18-4-8-20(9-5-18)28-24(33)25-30-29-22(35-25)16-34-21-10-6-19(26)7-11-21/h4-11,17H,2-3,12-16H2,1H3,(H,27,32)(H,28,33)/t17-/m0/s1. The number of nitrogens with one attached hydrogen (secondary N) is 2. The van der Waals surface area contributed by atoms with Crippen LogP contribution in [-0.2, 0) is 6.61 Å². The van der Waals surface area contributed by atoms with Crippen LogP contribution < -0.4 is 15.4 Å². The summed E-state index contributed by atoms with van der Waals surface area (Å²) < 4.78 is 5.64. The number of hydrogen-bond donors (Lipinski definition) is 2. The van der Waals surface area contributed by atoms with Gasteiger partial charge in [-0.25, -0.2) is 0 Å². The molecule has 2 heterocycles. The fourth-order valence-electron chi connectivity index (χ4n) is 3.83. The predicted molar refractivity (Wildman–Crippen MR) is 137 cm³/mol. The van der Waals surface area contributed by atoms with E-state index in [1.807, 2.05) is 0 Å². The van der Waals surface area contributed by atoms with Crippen molar-refractivity contribution in [3.8, 4) is 5.75 Å². The van der Waals surface area contributed by atoms with Crippen molar-refractivity contribution in [3.05, 3.63) is 69.1 Å². The zero-order chi connectivity index (χ0) is 24.6. The van der Waals surface area contributed by atoms with Gasteiger partial charge in [-0.2, -0.15) is 0 Å². The van der Waals surface area contributed by atoms with E-state index in [1.54, 1.807) is 48.5 Å². The number of anilines is 1.